The number of H-pyrrole nitrogens is 1. The number of hydrogen-bond donors (Lipinski definition) is 2. The van der Waals surface area contributed by atoms with Gasteiger partial charge < -0.3 is 5.32 Å². The zero-order valence-electron chi connectivity index (χ0n) is 9.81. The largest absolute Gasteiger partial charge is 0.303 e. The minimum Gasteiger partial charge on any atom is -0.303 e. The van der Waals surface area contributed by atoms with Crippen LogP contribution in [0.1, 0.15) is 31.4 Å². The van der Waals surface area contributed by atoms with Gasteiger partial charge in [0.1, 0.15) is 18.2 Å². The number of aryl methyl sites for hydroxylation is 1. The Balaban J connectivity index is 2.42. The van der Waals surface area contributed by atoms with Crippen LogP contribution in [-0.2, 0) is 6.54 Å². The Kier molecular flexibility index (Phi) is 3.75. The predicted octanol–water partition coefficient (Wildman–Crippen LogP) is 1.37. The van der Waals surface area contributed by atoms with Gasteiger partial charge in [-0.1, -0.05) is 18.5 Å². The molecule has 0 fully saturated rings. The molecule has 17 heavy (non-hydrogen) atoms. The van der Waals surface area contributed by atoms with Crippen LogP contribution in [0.2, 0.25) is 5.02 Å². The van der Waals surface area contributed by atoms with Crippen molar-refractivity contribution in [2.24, 2.45) is 0 Å². The van der Waals surface area contributed by atoms with E-state index in [2.05, 4.69) is 25.6 Å². The van der Waals surface area contributed by atoms with Crippen LogP contribution in [0.4, 0.5) is 0 Å². The summed E-state index contributed by atoms with van der Waals surface area (Å²) >= 11 is 6.19. The van der Waals surface area contributed by atoms with Crippen LogP contribution in [0, 0.1) is 0 Å². The van der Waals surface area contributed by atoms with E-state index in [9.17, 15) is 0 Å². The zero-order valence-corrected chi connectivity index (χ0v) is 10.6. The van der Waals surface area contributed by atoms with Crippen molar-refractivity contribution >= 4 is 11.6 Å². The van der Waals surface area contributed by atoms with E-state index >= 15 is 0 Å². The van der Waals surface area contributed by atoms with Crippen LogP contribution in [0.15, 0.2) is 12.5 Å². The Hall–Kier alpha value is -1.40. The highest BCUT2D eigenvalue weighted by Crippen LogP contribution is 2.26. The van der Waals surface area contributed by atoms with Crippen molar-refractivity contribution in [2.75, 3.05) is 6.54 Å². The third-order valence-electron chi connectivity index (χ3n) is 2.52. The molecular weight excluding hydrogens is 240 g/mol. The molecule has 2 aromatic rings. The molecule has 0 aromatic carbocycles. The van der Waals surface area contributed by atoms with Crippen molar-refractivity contribution in [3.63, 3.8) is 0 Å². The first-order chi connectivity index (χ1) is 8.27. The molecule has 0 bridgehead atoms. The van der Waals surface area contributed by atoms with Crippen molar-refractivity contribution in [1.29, 1.82) is 0 Å². The van der Waals surface area contributed by atoms with Crippen molar-refractivity contribution in [3.05, 3.63) is 29.1 Å². The lowest BCUT2D eigenvalue weighted by Crippen LogP contribution is -2.26. The first-order valence-electron chi connectivity index (χ1n) is 5.57. The normalized spacial score (nSPS) is 12.9. The average Bonchev–Trinajstić information content (AvgIpc) is 2.95. The highest BCUT2D eigenvalue weighted by Gasteiger charge is 2.23. The Bertz CT molecular complexity index is 463. The van der Waals surface area contributed by atoms with Crippen molar-refractivity contribution in [2.45, 2.75) is 26.4 Å². The highest BCUT2D eigenvalue weighted by molar-refractivity contribution is 6.31. The van der Waals surface area contributed by atoms with Crippen LogP contribution in [0.25, 0.3) is 0 Å². The van der Waals surface area contributed by atoms with E-state index in [1.54, 1.807) is 6.20 Å². The van der Waals surface area contributed by atoms with Gasteiger partial charge in [0.2, 0.25) is 0 Å². The smallest absolute Gasteiger partial charge is 0.147 e. The fourth-order valence-electron chi connectivity index (χ4n) is 1.79. The maximum Gasteiger partial charge on any atom is 0.147 e. The summed E-state index contributed by atoms with van der Waals surface area (Å²) < 4.78 is 1.86. The van der Waals surface area contributed by atoms with Gasteiger partial charge in [0, 0.05) is 6.54 Å². The molecule has 2 rings (SSSR count). The molecule has 0 aliphatic rings. The fraction of sp³-hybridized carbons (Fsp3) is 0.500. The average molecular weight is 255 g/mol. The first kappa shape index (κ1) is 12.1. The van der Waals surface area contributed by atoms with Gasteiger partial charge in [-0.15, -0.1) is 0 Å². The molecule has 2 N–H and O–H groups in total. The Morgan fingerprint density at radius 3 is 2.94 bits per heavy atom. The lowest BCUT2D eigenvalue weighted by atomic mass is 10.2. The predicted molar refractivity (Wildman–Crippen MR) is 64.8 cm³/mol. The SMILES string of the molecule is CCNC(c1ncn[nH]1)c1c(Cl)cnn1CC. The van der Waals surface area contributed by atoms with Crippen molar-refractivity contribution in [3.8, 4) is 0 Å². The Morgan fingerprint density at radius 1 is 1.53 bits per heavy atom. The molecule has 7 heteroatoms. The topological polar surface area (TPSA) is 71.4 Å². The molecule has 0 amide bonds. The molecular formula is C10H15ClN6. The third-order valence-corrected chi connectivity index (χ3v) is 2.81. The number of aromatic nitrogens is 5. The first-order valence-corrected chi connectivity index (χ1v) is 5.95. The van der Waals surface area contributed by atoms with E-state index in [0.29, 0.717) is 5.02 Å². The number of halogens is 1. The molecule has 0 radical (unpaired) electrons. The van der Waals surface area contributed by atoms with Gasteiger partial charge in [0.15, 0.2) is 0 Å². The molecule has 1 atom stereocenters. The molecule has 0 aliphatic heterocycles. The monoisotopic (exact) mass is 254 g/mol. The summed E-state index contributed by atoms with van der Waals surface area (Å²) in [6, 6.07) is -0.113. The second kappa shape index (κ2) is 5.29. The number of nitrogens with zero attached hydrogens (tertiary/aromatic N) is 4. The Morgan fingerprint density at radius 2 is 2.35 bits per heavy atom. The number of aromatic amines is 1. The van der Waals surface area contributed by atoms with E-state index in [0.717, 1.165) is 24.6 Å². The van der Waals surface area contributed by atoms with Gasteiger partial charge in [-0.2, -0.15) is 10.2 Å². The molecule has 2 heterocycles. The lowest BCUT2D eigenvalue weighted by Gasteiger charge is -2.17. The van der Waals surface area contributed by atoms with E-state index < -0.39 is 0 Å². The maximum atomic E-state index is 6.19. The van der Waals surface area contributed by atoms with Crippen LogP contribution in [-0.4, -0.2) is 31.5 Å². The Labute approximate surface area is 104 Å². The standard InChI is InChI=1S/C10H15ClN6/c1-3-12-8(10-13-6-14-16-10)9-7(11)5-15-17(9)4-2/h5-6,8,12H,3-4H2,1-2H3,(H,13,14,16). The molecule has 92 valence electrons. The summed E-state index contributed by atoms with van der Waals surface area (Å²) in [5.41, 5.74) is 0.910. The number of hydrogen-bond acceptors (Lipinski definition) is 4. The van der Waals surface area contributed by atoms with Gasteiger partial charge in [-0.05, 0) is 13.5 Å². The van der Waals surface area contributed by atoms with E-state index in [1.807, 2.05) is 18.5 Å². The zero-order chi connectivity index (χ0) is 12.3. The fourth-order valence-corrected chi connectivity index (χ4v) is 2.04. The third kappa shape index (κ3) is 2.32. The number of rotatable bonds is 5. The molecule has 6 nitrogen and oxygen atoms in total. The van der Waals surface area contributed by atoms with Gasteiger partial charge in [-0.25, -0.2) is 4.98 Å². The van der Waals surface area contributed by atoms with Gasteiger partial charge in [-0.3, -0.25) is 9.78 Å². The van der Waals surface area contributed by atoms with E-state index in [4.69, 9.17) is 11.6 Å². The number of nitrogens with one attached hydrogen (secondary N) is 2. The quantitative estimate of drug-likeness (QED) is 0.846. The molecule has 0 spiro atoms. The summed E-state index contributed by atoms with van der Waals surface area (Å²) in [5, 5.41) is 14.9. The van der Waals surface area contributed by atoms with Crippen LogP contribution >= 0.6 is 11.6 Å². The summed E-state index contributed by atoms with van der Waals surface area (Å²) in [6.07, 6.45) is 3.14. The van der Waals surface area contributed by atoms with Gasteiger partial charge in [0.25, 0.3) is 0 Å². The highest BCUT2D eigenvalue weighted by atomic mass is 35.5. The second-order valence-electron chi connectivity index (χ2n) is 3.55. The van der Waals surface area contributed by atoms with Crippen LogP contribution < -0.4 is 5.32 Å². The summed E-state index contributed by atoms with van der Waals surface area (Å²) in [4.78, 5) is 4.18. The van der Waals surface area contributed by atoms with E-state index in [-0.39, 0.29) is 6.04 Å². The molecule has 2 aromatic heterocycles. The minimum absolute atomic E-state index is 0.113. The van der Waals surface area contributed by atoms with Gasteiger partial charge in [0.05, 0.1) is 16.9 Å². The van der Waals surface area contributed by atoms with E-state index in [1.165, 1.54) is 6.33 Å². The van der Waals surface area contributed by atoms with Crippen molar-refractivity contribution in [1.82, 2.24) is 30.3 Å². The molecule has 0 saturated heterocycles. The minimum atomic E-state index is -0.113. The van der Waals surface area contributed by atoms with Crippen molar-refractivity contribution < 1.29 is 0 Å². The summed E-state index contributed by atoms with van der Waals surface area (Å²) in [5.74, 6) is 0.740. The van der Waals surface area contributed by atoms with Gasteiger partial charge >= 0.3 is 0 Å². The molecule has 1 unspecified atom stereocenters. The molecule has 0 aliphatic carbocycles. The molecule has 0 saturated carbocycles. The second-order valence-corrected chi connectivity index (χ2v) is 3.96. The van der Waals surface area contributed by atoms with Crippen LogP contribution in [0.3, 0.4) is 0 Å². The summed E-state index contributed by atoms with van der Waals surface area (Å²) in [6.45, 7) is 5.62. The maximum absolute atomic E-state index is 6.19. The summed E-state index contributed by atoms with van der Waals surface area (Å²) in [7, 11) is 0. The van der Waals surface area contributed by atoms with Crippen LogP contribution in [0.5, 0.6) is 0 Å². The lowest BCUT2D eigenvalue weighted by molar-refractivity contribution is 0.526.